The molecule has 7 aromatic rings. The Balaban J connectivity index is 0.896. The zero-order chi connectivity index (χ0) is 62.8. The van der Waals surface area contributed by atoms with E-state index in [1.165, 1.54) is 129 Å². The van der Waals surface area contributed by atoms with Crippen LogP contribution in [0.5, 0.6) is 23.0 Å². The van der Waals surface area contributed by atoms with E-state index in [0.29, 0.717) is 26.4 Å². The molecule has 0 unspecified atom stereocenters. The number of hydrogen-bond donors (Lipinski definition) is 2. The van der Waals surface area contributed by atoms with E-state index >= 15 is 0 Å². The van der Waals surface area contributed by atoms with Crippen molar-refractivity contribution in [3.8, 4) is 67.5 Å². The van der Waals surface area contributed by atoms with Crippen LogP contribution in [0.1, 0.15) is 126 Å². The molecule has 4 saturated heterocycles. The summed E-state index contributed by atoms with van der Waals surface area (Å²) in [6.45, 7) is 17.5. The molecule has 92 heavy (non-hydrogen) atoms. The number of benzene rings is 4. The molecule has 2 N–H and O–H groups in total. The summed E-state index contributed by atoms with van der Waals surface area (Å²) in [5.41, 5.74) is 15.5. The summed E-state index contributed by atoms with van der Waals surface area (Å²) in [5.74, 6) is 3.51. The Morgan fingerprint density at radius 2 is 0.489 bits per heavy atom. The number of rotatable bonds is 24. The number of H-pyrrole nitrogens is 2. The second-order valence-corrected chi connectivity index (χ2v) is 28.8. The fraction of sp³-hybridized carbons (Fsp3) is 0.450. The van der Waals surface area contributed by atoms with Gasteiger partial charge in [0.25, 0.3) is 0 Å². The smallest absolute Gasteiger partial charge is 0.119 e. The number of nitrogens with zero attached hydrogens (tertiary/aromatic N) is 6. The Labute approximate surface area is 547 Å². The summed E-state index contributed by atoms with van der Waals surface area (Å²) in [7, 11) is 9.66. The summed E-state index contributed by atoms with van der Waals surface area (Å²) in [6, 6.07) is 43.4. The number of aromatic nitrogens is 4. The van der Waals surface area contributed by atoms with Gasteiger partial charge in [0.15, 0.2) is 0 Å². The number of quaternary nitrogens is 4. The van der Waals surface area contributed by atoms with Crippen molar-refractivity contribution >= 4 is 46.4 Å². The van der Waals surface area contributed by atoms with Gasteiger partial charge in [-0.3, -0.25) is 0 Å². The van der Waals surface area contributed by atoms with Gasteiger partial charge in [0.2, 0.25) is 0 Å². The van der Waals surface area contributed by atoms with Crippen LogP contribution in [-0.4, -0.2) is 171 Å². The highest BCUT2D eigenvalue weighted by Gasteiger charge is 2.28. The van der Waals surface area contributed by atoms with Crippen LogP contribution in [0, 0.1) is 0 Å². The molecule has 0 saturated carbocycles. The minimum atomic E-state index is 0.699. The van der Waals surface area contributed by atoms with Gasteiger partial charge in [-0.05, 0) is 196 Å². The molecular weight excluding hydrogens is 1140 g/mol. The summed E-state index contributed by atoms with van der Waals surface area (Å²) in [5, 5.41) is 0. The number of ether oxygens (including phenoxy) is 4. The fourth-order valence-electron chi connectivity index (χ4n) is 15.8. The third-order valence-corrected chi connectivity index (χ3v) is 21.4. The van der Waals surface area contributed by atoms with E-state index in [1.807, 2.05) is 0 Å². The second kappa shape index (κ2) is 28.8. The van der Waals surface area contributed by atoms with Gasteiger partial charge in [-0.1, -0.05) is 48.5 Å². The van der Waals surface area contributed by atoms with Crippen LogP contribution in [0.4, 0.5) is 0 Å². The Kier molecular flexibility index (Phi) is 19.8. The van der Waals surface area contributed by atoms with Crippen molar-refractivity contribution in [2.24, 2.45) is 0 Å². The van der Waals surface area contributed by atoms with Crippen LogP contribution in [-0.2, 0) is 0 Å². The van der Waals surface area contributed by atoms with E-state index in [1.54, 1.807) is 0 Å². The molecule has 9 heterocycles. The number of fused-ring (bicyclic) bond motifs is 8. The SMILES string of the molecule is C[N+]1(CCCOc2ccc(-c3c4nc(c(-c5ccc(OCCC[N+]6(C)CCCCC6)cc5)c5ccc([nH]5)c(-c5ccc(OCCC[N+]6(C)CCCCC6)cc5)c5nc(c(-c6ccc(OCCC[N+]7(C)CCCCC7)cc6)c6ccc3[nH]6)C=C5)C=C4)cc2)CCCCC1. The normalized spacial score (nSPS) is 18.1. The molecule has 482 valence electrons. The second-order valence-electron chi connectivity index (χ2n) is 28.8. The lowest BCUT2D eigenvalue weighted by Gasteiger charge is -2.37. The van der Waals surface area contributed by atoms with Crippen molar-refractivity contribution in [2.45, 2.75) is 103 Å². The number of nitrogens with one attached hydrogen (secondary N) is 2. The lowest BCUT2D eigenvalue weighted by Crippen LogP contribution is -2.48. The summed E-state index contributed by atoms with van der Waals surface area (Å²) in [6.07, 6.45) is 28.9. The first-order valence-corrected chi connectivity index (χ1v) is 35.4. The van der Waals surface area contributed by atoms with Gasteiger partial charge in [-0.15, -0.1) is 0 Å². The van der Waals surface area contributed by atoms with Crippen molar-refractivity contribution < 1.29 is 36.9 Å². The van der Waals surface area contributed by atoms with Gasteiger partial charge in [-0.2, -0.15) is 0 Å². The predicted molar refractivity (Wildman–Crippen MR) is 380 cm³/mol. The predicted octanol–water partition coefficient (Wildman–Crippen LogP) is 16.9. The molecule has 0 aliphatic carbocycles. The molecule has 12 nitrogen and oxygen atoms in total. The zero-order valence-electron chi connectivity index (χ0n) is 55.8. The van der Waals surface area contributed by atoms with Crippen LogP contribution < -0.4 is 18.9 Å². The Bertz CT molecular complexity index is 3350. The van der Waals surface area contributed by atoms with Crippen LogP contribution >= 0.6 is 0 Å². The number of likely N-dealkylation sites (tertiary alicyclic amines) is 4. The maximum atomic E-state index is 6.48. The largest absolute Gasteiger partial charge is 0.493 e. The maximum absolute atomic E-state index is 6.48. The number of piperidine rings is 4. The highest BCUT2D eigenvalue weighted by atomic mass is 16.5. The minimum Gasteiger partial charge on any atom is -0.493 e. The first kappa shape index (κ1) is 63.3. The van der Waals surface area contributed by atoms with Crippen LogP contribution in [0.2, 0.25) is 0 Å². The first-order valence-electron chi connectivity index (χ1n) is 35.4. The van der Waals surface area contributed by atoms with E-state index in [9.17, 15) is 0 Å². The van der Waals surface area contributed by atoms with Crippen molar-refractivity contribution in [1.29, 1.82) is 0 Å². The molecule has 0 radical (unpaired) electrons. The van der Waals surface area contributed by atoms with E-state index in [2.05, 4.69) is 184 Å². The monoisotopic (exact) mass is 1240 g/mol. The van der Waals surface area contributed by atoms with Crippen molar-refractivity contribution in [2.75, 3.05) is 133 Å². The highest BCUT2D eigenvalue weighted by Crippen LogP contribution is 2.40. The third-order valence-electron chi connectivity index (χ3n) is 21.4. The molecule has 0 amide bonds. The Morgan fingerprint density at radius 1 is 0.283 bits per heavy atom. The van der Waals surface area contributed by atoms with Gasteiger partial charge in [0.05, 0.1) is 156 Å². The molecule has 4 fully saturated rings. The standard InChI is InChI=1S/C80H102N8O4/c1-85(45-9-5-10-46-85)53-17-57-89-65-29-21-61(22-30-65)77-69-37-39-71(81-69)78(62-23-31-66(32-24-62)90-58-18-54-86(2)47-11-6-12-48-86)73-41-43-75(83-73)80(64-27-35-68(36-28-64)92-60-20-56-88(4)51-15-8-16-52-88)76-44-42-74(84-76)79(72-40-38-70(77)82-72)63-25-33-67(34-26-63)91-59-19-55-87(3)49-13-7-14-50-87/h21-44,81,84H,5-20,45-60H2,1-4H3/q+4. The quantitative estimate of drug-likeness (QED) is 0.0462. The highest BCUT2D eigenvalue weighted by molar-refractivity contribution is 6.00. The molecule has 0 spiro atoms. The zero-order valence-corrected chi connectivity index (χ0v) is 55.8. The average molecular weight is 1240 g/mol. The molecule has 6 aliphatic rings. The molecule has 4 aromatic carbocycles. The first-order chi connectivity index (χ1) is 44.9. The van der Waals surface area contributed by atoms with E-state index < -0.39 is 0 Å². The Hall–Kier alpha value is -7.48. The number of hydrogen-bond acceptors (Lipinski definition) is 6. The Morgan fingerprint density at radius 3 is 0.696 bits per heavy atom. The summed E-state index contributed by atoms with van der Waals surface area (Å²) >= 11 is 0. The van der Waals surface area contributed by atoms with Gasteiger partial charge in [0, 0.05) is 70.0 Å². The van der Waals surface area contributed by atoms with Gasteiger partial charge in [-0.25, -0.2) is 9.97 Å². The molecule has 6 aliphatic heterocycles. The molecule has 13 rings (SSSR count). The number of aromatic amines is 2. The van der Waals surface area contributed by atoms with E-state index in [-0.39, 0.29) is 0 Å². The summed E-state index contributed by atoms with van der Waals surface area (Å²) in [4.78, 5) is 19.3. The van der Waals surface area contributed by atoms with Gasteiger partial charge >= 0.3 is 0 Å². The van der Waals surface area contributed by atoms with Crippen LogP contribution in [0.15, 0.2) is 121 Å². The maximum Gasteiger partial charge on any atom is 0.119 e. The van der Waals surface area contributed by atoms with E-state index in [4.69, 9.17) is 28.9 Å². The van der Waals surface area contributed by atoms with Crippen LogP contribution in [0.3, 0.4) is 0 Å². The third kappa shape index (κ3) is 15.4. The molecule has 8 bridgehead atoms. The van der Waals surface area contributed by atoms with Crippen molar-refractivity contribution in [3.63, 3.8) is 0 Å². The van der Waals surface area contributed by atoms with Crippen molar-refractivity contribution in [1.82, 2.24) is 19.9 Å². The molecular formula is C80H102N8O4+4. The molecule has 12 heteroatoms. The molecule has 3 aromatic heterocycles. The minimum absolute atomic E-state index is 0.699. The summed E-state index contributed by atoms with van der Waals surface area (Å²) < 4.78 is 30.5. The van der Waals surface area contributed by atoms with Gasteiger partial charge in [0.1, 0.15) is 23.0 Å². The van der Waals surface area contributed by atoms with E-state index in [0.717, 1.165) is 182 Å². The van der Waals surface area contributed by atoms with Crippen molar-refractivity contribution in [3.05, 3.63) is 144 Å². The average Bonchev–Trinajstić information content (AvgIpc) is 1.69. The lowest BCUT2D eigenvalue weighted by atomic mass is 10.0. The fourth-order valence-corrected chi connectivity index (χ4v) is 15.8. The van der Waals surface area contributed by atoms with Crippen LogP contribution in [0.25, 0.3) is 90.9 Å². The molecule has 0 atom stereocenters. The lowest BCUT2D eigenvalue weighted by molar-refractivity contribution is -0.914. The topological polar surface area (TPSA) is 94.3 Å². The van der Waals surface area contributed by atoms with Gasteiger partial charge < -0.3 is 46.8 Å².